The van der Waals surface area contributed by atoms with Gasteiger partial charge in [-0.1, -0.05) is 11.6 Å². The molecule has 0 aliphatic carbocycles. The monoisotopic (exact) mass is 337 g/mol. The number of hydrogen-bond acceptors (Lipinski definition) is 3. The van der Waals surface area contributed by atoms with E-state index in [9.17, 15) is 4.79 Å². The first kappa shape index (κ1) is 15.6. The number of piperidine rings is 1. The van der Waals surface area contributed by atoms with Crippen molar-refractivity contribution in [2.75, 3.05) is 7.11 Å². The second kappa shape index (κ2) is 6.09. The molecule has 2 unspecified atom stereocenters. The van der Waals surface area contributed by atoms with Crippen LogP contribution in [0.15, 0.2) is 18.2 Å². The zero-order valence-electron chi connectivity index (χ0n) is 13.1. The van der Waals surface area contributed by atoms with Crippen LogP contribution in [-0.2, 0) is 0 Å². The van der Waals surface area contributed by atoms with Gasteiger partial charge in [0.2, 0.25) is 0 Å². The number of benzene rings is 1. The Morgan fingerprint density at radius 2 is 2.00 bits per heavy atom. The summed E-state index contributed by atoms with van der Waals surface area (Å²) in [5.74, 6) is 0.816. The Hall–Kier alpha value is -1.26. The molecule has 22 heavy (non-hydrogen) atoms. The largest absolute Gasteiger partial charge is 0.497 e. The van der Waals surface area contributed by atoms with Crippen LogP contribution in [-0.4, -0.2) is 30.0 Å². The van der Waals surface area contributed by atoms with Crippen LogP contribution < -0.4 is 4.74 Å². The number of hydrogen-bond donors (Lipinski definition) is 0. The van der Waals surface area contributed by atoms with Gasteiger partial charge in [0.25, 0.3) is 5.91 Å². The number of thiophene rings is 1. The van der Waals surface area contributed by atoms with Crippen LogP contribution in [0.5, 0.6) is 5.75 Å². The van der Waals surface area contributed by atoms with Crippen LogP contribution in [0.3, 0.4) is 0 Å². The molecule has 2 atom stereocenters. The first-order chi connectivity index (χ1) is 10.5. The highest BCUT2D eigenvalue weighted by molar-refractivity contribution is 7.21. The standard InChI is InChI=1S/C17H20ClNO2S/c1-10-5-4-6-11(2)19(10)17(20)16-15(18)13-9-12(21-3)7-8-14(13)22-16/h7-11H,4-6H2,1-3H3. The van der Waals surface area contributed by atoms with E-state index in [1.54, 1.807) is 7.11 Å². The van der Waals surface area contributed by atoms with Crippen LogP contribution in [0, 0.1) is 0 Å². The maximum Gasteiger partial charge on any atom is 0.265 e. The molecule has 0 bridgehead atoms. The summed E-state index contributed by atoms with van der Waals surface area (Å²) in [4.78, 5) is 15.6. The van der Waals surface area contributed by atoms with E-state index in [0.29, 0.717) is 9.90 Å². The molecular formula is C17H20ClNO2S. The highest BCUT2D eigenvalue weighted by Crippen LogP contribution is 2.39. The Balaban J connectivity index is 2.02. The third-order valence-corrected chi connectivity index (χ3v) is 6.12. The van der Waals surface area contributed by atoms with Crippen LogP contribution in [0.4, 0.5) is 0 Å². The van der Waals surface area contributed by atoms with Crippen LogP contribution in [0.2, 0.25) is 5.02 Å². The summed E-state index contributed by atoms with van der Waals surface area (Å²) >= 11 is 7.97. The molecule has 1 aromatic heterocycles. The molecule has 1 amide bonds. The molecule has 2 aromatic rings. The van der Waals surface area contributed by atoms with Gasteiger partial charge in [-0.15, -0.1) is 11.3 Å². The Labute approximate surface area is 139 Å². The van der Waals surface area contributed by atoms with Gasteiger partial charge < -0.3 is 9.64 Å². The molecule has 5 heteroatoms. The number of carbonyl (C=O) groups excluding carboxylic acids is 1. The molecule has 1 aromatic carbocycles. The number of halogens is 1. The topological polar surface area (TPSA) is 29.5 Å². The molecule has 1 saturated heterocycles. The highest BCUT2D eigenvalue weighted by atomic mass is 35.5. The van der Waals surface area contributed by atoms with Crippen molar-refractivity contribution in [2.24, 2.45) is 0 Å². The molecule has 1 fully saturated rings. The van der Waals surface area contributed by atoms with Gasteiger partial charge in [-0.2, -0.15) is 0 Å². The van der Waals surface area contributed by atoms with E-state index in [2.05, 4.69) is 13.8 Å². The SMILES string of the molecule is COc1ccc2sc(C(=O)N3C(C)CCCC3C)c(Cl)c2c1. The van der Waals surface area contributed by atoms with E-state index >= 15 is 0 Å². The van der Waals surface area contributed by atoms with Crippen molar-refractivity contribution < 1.29 is 9.53 Å². The van der Waals surface area contributed by atoms with Crippen LogP contribution in [0.1, 0.15) is 42.8 Å². The van der Waals surface area contributed by atoms with Crippen molar-refractivity contribution in [1.29, 1.82) is 0 Å². The maximum atomic E-state index is 13.0. The lowest BCUT2D eigenvalue weighted by molar-refractivity contribution is 0.0516. The predicted octanol–water partition coefficient (Wildman–Crippen LogP) is 4.97. The molecule has 3 nitrogen and oxygen atoms in total. The van der Waals surface area contributed by atoms with E-state index in [1.807, 2.05) is 23.1 Å². The lowest BCUT2D eigenvalue weighted by Crippen LogP contribution is -2.47. The van der Waals surface area contributed by atoms with Crippen molar-refractivity contribution in [3.63, 3.8) is 0 Å². The Morgan fingerprint density at radius 3 is 2.64 bits per heavy atom. The number of fused-ring (bicyclic) bond motifs is 1. The zero-order chi connectivity index (χ0) is 15.9. The number of ether oxygens (including phenoxy) is 1. The van der Waals surface area contributed by atoms with Crippen molar-refractivity contribution in [3.05, 3.63) is 28.1 Å². The van der Waals surface area contributed by atoms with E-state index in [4.69, 9.17) is 16.3 Å². The average molecular weight is 338 g/mol. The number of carbonyl (C=O) groups is 1. The molecule has 1 aliphatic rings. The second-order valence-electron chi connectivity index (χ2n) is 5.95. The third kappa shape index (κ3) is 2.59. The average Bonchev–Trinajstić information content (AvgIpc) is 2.83. The quantitative estimate of drug-likeness (QED) is 0.774. The molecular weight excluding hydrogens is 318 g/mol. The normalized spacial score (nSPS) is 22.1. The van der Waals surface area contributed by atoms with Gasteiger partial charge in [0, 0.05) is 22.2 Å². The molecule has 0 spiro atoms. The van der Waals surface area contributed by atoms with Gasteiger partial charge in [0.05, 0.1) is 12.1 Å². The number of methoxy groups -OCH3 is 1. The highest BCUT2D eigenvalue weighted by Gasteiger charge is 2.32. The summed E-state index contributed by atoms with van der Waals surface area (Å²) in [6.45, 7) is 4.25. The lowest BCUT2D eigenvalue weighted by Gasteiger charge is -2.38. The summed E-state index contributed by atoms with van der Waals surface area (Å²) < 4.78 is 6.27. The first-order valence-electron chi connectivity index (χ1n) is 7.61. The summed E-state index contributed by atoms with van der Waals surface area (Å²) in [5, 5.41) is 1.44. The minimum Gasteiger partial charge on any atom is -0.497 e. The minimum atomic E-state index is 0.0601. The van der Waals surface area contributed by atoms with E-state index in [0.717, 1.165) is 28.7 Å². The summed E-state index contributed by atoms with van der Waals surface area (Å²) in [5.41, 5.74) is 0. The van der Waals surface area contributed by atoms with E-state index < -0.39 is 0 Å². The number of amides is 1. The van der Waals surface area contributed by atoms with Crippen molar-refractivity contribution in [3.8, 4) is 5.75 Å². The van der Waals surface area contributed by atoms with Gasteiger partial charge in [-0.25, -0.2) is 0 Å². The van der Waals surface area contributed by atoms with Crippen LogP contribution >= 0.6 is 22.9 Å². The third-order valence-electron chi connectivity index (χ3n) is 4.46. The number of rotatable bonds is 2. The van der Waals surface area contributed by atoms with Crippen molar-refractivity contribution >= 4 is 38.9 Å². The van der Waals surface area contributed by atoms with Gasteiger partial charge in [-0.05, 0) is 51.3 Å². The van der Waals surface area contributed by atoms with Gasteiger partial charge in [0.1, 0.15) is 10.6 Å². The fourth-order valence-corrected chi connectivity index (χ4v) is 4.68. The molecule has 0 N–H and O–H groups in total. The Bertz CT molecular complexity index is 702. The number of likely N-dealkylation sites (tertiary alicyclic amines) is 1. The molecule has 0 radical (unpaired) electrons. The lowest BCUT2D eigenvalue weighted by atomic mass is 9.97. The Kier molecular flexibility index (Phi) is 4.33. The fourth-order valence-electron chi connectivity index (χ4n) is 3.25. The first-order valence-corrected chi connectivity index (χ1v) is 8.81. The second-order valence-corrected chi connectivity index (χ2v) is 7.38. The van der Waals surface area contributed by atoms with Crippen molar-refractivity contribution in [2.45, 2.75) is 45.2 Å². The van der Waals surface area contributed by atoms with E-state index in [-0.39, 0.29) is 18.0 Å². The maximum absolute atomic E-state index is 13.0. The summed E-state index contributed by atoms with van der Waals surface area (Å²) in [7, 11) is 1.63. The summed E-state index contributed by atoms with van der Waals surface area (Å²) in [6, 6.07) is 6.30. The molecule has 1 aliphatic heterocycles. The molecule has 3 rings (SSSR count). The minimum absolute atomic E-state index is 0.0601. The Morgan fingerprint density at radius 1 is 1.32 bits per heavy atom. The smallest absolute Gasteiger partial charge is 0.265 e. The summed E-state index contributed by atoms with van der Waals surface area (Å²) in [6.07, 6.45) is 3.31. The van der Waals surface area contributed by atoms with Gasteiger partial charge in [-0.3, -0.25) is 4.79 Å². The van der Waals surface area contributed by atoms with Crippen molar-refractivity contribution in [1.82, 2.24) is 4.90 Å². The molecule has 0 saturated carbocycles. The fraction of sp³-hybridized carbons (Fsp3) is 0.471. The van der Waals surface area contributed by atoms with E-state index in [1.165, 1.54) is 17.8 Å². The molecule has 2 heterocycles. The zero-order valence-corrected chi connectivity index (χ0v) is 14.6. The predicted molar refractivity (Wildman–Crippen MR) is 92.3 cm³/mol. The molecule has 118 valence electrons. The van der Waals surface area contributed by atoms with Crippen LogP contribution in [0.25, 0.3) is 10.1 Å². The van der Waals surface area contributed by atoms with Gasteiger partial charge >= 0.3 is 0 Å². The number of nitrogens with zero attached hydrogens (tertiary/aromatic N) is 1. The van der Waals surface area contributed by atoms with Gasteiger partial charge in [0.15, 0.2) is 0 Å².